The van der Waals surface area contributed by atoms with Crippen LogP contribution in [0.3, 0.4) is 0 Å². The van der Waals surface area contributed by atoms with Gasteiger partial charge in [-0.15, -0.1) is 0 Å². The molecule has 530 valence electrons. The number of rotatable bonds is 24. The first kappa shape index (κ1) is 77.1. The van der Waals surface area contributed by atoms with E-state index in [0.29, 0.717) is 0 Å². The first-order valence-corrected chi connectivity index (χ1v) is 34.6. The molecule has 49 heteroatoms. The van der Waals surface area contributed by atoms with Gasteiger partial charge >= 0.3 is 0 Å². The number of aliphatic hydroxyl groups is 12. The average molecular weight is 1430 g/mol. The van der Waals surface area contributed by atoms with Crippen molar-refractivity contribution in [3.05, 3.63) is 0 Å². The minimum atomic E-state index is -5.50. The van der Waals surface area contributed by atoms with Crippen molar-refractivity contribution in [1.29, 1.82) is 0 Å². The van der Waals surface area contributed by atoms with Gasteiger partial charge in [0.25, 0.3) is 50.6 Å². The van der Waals surface area contributed by atoms with E-state index in [1.807, 2.05) is 0 Å². The zero-order chi connectivity index (χ0) is 68.7. The number of hydrogen-bond acceptors (Lipinski definition) is 36. The molecule has 0 saturated carbocycles. The Balaban J connectivity index is 1.36. The van der Waals surface area contributed by atoms with Crippen LogP contribution in [-0.4, -0.2) is 363 Å². The number of carbonyl (C=O) groups excluding carboxylic acids is 3. The Morgan fingerprint density at radius 1 is 0.319 bits per heavy atom. The van der Waals surface area contributed by atoms with Gasteiger partial charge in [-0.05, 0) is 0 Å². The second-order valence-electron chi connectivity index (χ2n) is 21.8. The topological polar surface area (TPSA) is 703 Å². The molecule has 6 saturated heterocycles. The maximum Gasteiger partial charge on any atom is 0.267 e. The molecular weight excluding hydrogens is 1360 g/mol. The number of amides is 3. The average Bonchev–Trinajstić information content (AvgIpc) is 0.777. The van der Waals surface area contributed by atoms with Crippen molar-refractivity contribution in [2.45, 2.75) is 205 Å². The summed E-state index contributed by atoms with van der Waals surface area (Å²) in [5.41, 5.74) is 0. The number of aliphatic hydroxyl groups excluding tert-OH is 12. The van der Waals surface area contributed by atoms with Crippen LogP contribution in [0.1, 0.15) is 20.8 Å². The number of ether oxygens (including phenoxy) is 11. The third-order valence-electron chi connectivity index (χ3n) is 14.6. The van der Waals surface area contributed by atoms with Crippen LogP contribution < -0.4 is 16.0 Å². The van der Waals surface area contributed by atoms with E-state index in [4.69, 9.17) is 52.1 Å². The summed E-state index contributed by atoms with van der Waals surface area (Å²) in [6.45, 7) is 1.41. The lowest BCUT2D eigenvalue weighted by molar-refractivity contribution is -0.378. The molecule has 30 atom stereocenters. The molecule has 6 aliphatic rings. The van der Waals surface area contributed by atoms with Crippen molar-refractivity contribution in [2.75, 3.05) is 35.4 Å². The van der Waals surface area contributed by atoms with Crippen molar-refractivity contribution in [3.63, 3.8) is 0 Å². The van der Waals surface area contributed by atoms with Crippen LogP contribution in [0.15, 0.2) is 0 Å². The molecule has 44 nitrogen and oxygen atoms in total. The van der Waals surface area contributed by atoms with Crippen LogP contribution in [0.25, 0.3) is 0 Å². The molecular formula is C42H71N3O41S5. The number of carbonyl (C=O) groups is 3. The van der Waals surface area contributed by atoms with Crippen LogP contribution in [0, 0.1) is 0 Å². The highest BCUT2D eigenvalue weighted by Gasteiger charge is 2.60. The fourth-order valence-electron chi connectivity index (χ4n) is 10.7. The normalized spacial score (nSPS) is 43.1. The van der Waals surface area contributed by atoms with Crippen LogP contribution in [-0.2, 0) is 117 Å². The van der Waals surface area contributed by atoms with Crippen LogP contribution in [0.4, 0.5) is 0 Å². The summed E-state index contributed by atoms with van der Waals surface area (Å²) in [6, 6.07) is -6.43. The molecule has 0 aliphatic carbocycles. The van der Waals surface area contributed by atoms with Gasteiger partial charge in [0.05, 0.1) is 6.61 Å². The van der Waals surface area contributed by atoms with E-state index in [1.54, 1.807) is 0 Å². The summed E-state index contributed by atoms with van der Waals surface area (Å²) in [6.07, 6.45) is -65.1. The molecule has 6 heterocycles. The van der Waals surface area contributed by atoms with Gasteiger partial charge in [-0.2, -0.15) is 42.1 Å². The Kier molecular flexibility index (Phi) is 25.6. The van der Waals surface area contributed by atoms with Crippen molar-refractivity contribution >= 4 is 68.3 Å². The first-order chi connectivity index (χ1) is 41.7. The summed E-state index contributed by atoms with van der Waals surface area (Å²) in [4.78, 5) is 37.7. The fourth-order valence-corrected chi connectivity index (χ4v) is 14.1. The molecule has 6 rings (SSSR count). The van der Waals surface area contributed by atoms with Crippen molar-refractivity contribution in [3.8, 4) is 0 Å². The summed E-state index contributed by atoms with van der Waals surface area (Å²) in [7, 11) is -26.6. The lowest BCUT2D eigenvalue weighted by atomic mass is 9.94. The second kappa shape index (κ2) is 30.2. The van der Waals surface area contributed by atoms with Crippen molar-refractivity contribution in [2.24, 2.45) is 0 Å². The number of hydrogen-bond donors (Lipinski definition) is 20. The summed E-state index contributed by atoms with van der Waals surface area (Å²) in [5, 5.41) is 140. The van der Waals surface area contributed by atoms with Crippen LogP contribution in [0.2, 0.25) is 0 Å². The maximum absolute atomic E-state index is 12.9. The Morgan fingerprint density at radius 3 is 0.879 bits per heavy atom. The first-order valence-electron chi connectivity index (χ1n) is 26.5. The Bertz CT molecular complexity index is 3100. The zero-order valence-electron chi connectivity index (χ0n) is 47.0. The van der Waals surface area contributed by atoms with Crippen molar-refractivity contribution in [1.82, 2.24) is 16.0 Å². The van der Waals surface area contributed by atoms with Gasteiger partial charge in [-0.1, -0.05) is 0 Å². The van der Waals surface area contributed by atoms with E-state index >= 15 is 0 Å². The molecule has 0 aromatic carbocycles. The quantitative estimate of drug-likeness (QED) is 0.0399. The van der Waals surface area contributed by atoms with Crippen LogP contribution >= 0.6 is 0 Å². The molecule has 3 amide bonds. The Labute approximate surface area is 515 Å². The van der Waals surface area contributed by atoms with E-state index in [1.165, 1.54) is 0 Å². The molecule has 20 N–H and O–H groups in total. The minimum absolute atomic E-state index is 0.747. The second-order valence-corrected chi connectivity index (χ2v) is 29.3. The molecule has 0 unspecified atom stereocenters. The van der Waals surface area contributed by atoms with Gasteiger partial charge in [0.15, 0.2) is 37.7 Å². The molecule has 6 fully saturated rings. The molecule has 0 aromatic rings. The van der Waals surface area contributed by atoms with Gasteiger partial charge in [0.1, 0.15) is 175 Å². The zero-order valence-corrected chi connectivity index (χ0v) is 51.1. The molecule has 0 bridgehead atoms. The number of nitrogens with one attached hydrogen (secondary N) is 3. The highest BCUT2D eigenvalue weighted by atomic mass is 32.2. The van der Waals surface area contributed by atoms with E-state index in [-0.39, 0.29) is 0 Å². The summed E-state index contributed by atoms with van der Waals surface area (Å²) >= 11 is 0. The van der Waals surface area contributed by atoms with Crippen molar-refractivity contribution < 1.29 is 193 Å². The fraction of sp³-hybridized carbons (Fsp3) is 0.929. The lowest BCUT2D eigenvalue weighted by Gasteiger charge is -2.51. The maximum atomic E-state index is 12.9. The Morgan fingerprint density at radius 2 is 0.571 bits per heavy atom. The van der Waals surface area contributed by atoms with E-state index in [9.17, 15) is 141 Å². The van der Waals surface area contributed by atoms with Gasteiger partial charge in [0, 0.05) is 20.8 Å². The highest BCUT2D eigenvalue weighted by Crippen LogP contribution is 2.38. The van der Waals surface area contributed by atoms with Crippen LogP contribution in [0.5, 0.6) is 0 Å². The van der Waals surface area contributed by atoms with Gasteiger partial charge < -0.3 is 129 Å². The van der Waals surface area contributed by atoms with E-state index in [0.717, 1.165) is 20.8 Å². The molecule has 0 aromatic heterocycles. The largest absolute Gasteiger partial charge is 0.394 e. The third-order valence-corrected chi connectivity index (χ3v) is 18.4. The van der Waals surface area contributed by atoms with E-state index in [2.05, 4.69) is 16.0 Å². The minimum Gasteiger partial charge on any atom is -0.394 e. The standard InChI is InChI=1S/C42H71N3O41S5/c1-10(47)43-19-26(54)22(50)14(5-87(61,62)63)77-38(19)85-35-24(52)15(6-88(64,65)66)78-41(30(35)58)83-33-18(9-91(73,74)75)81-40(21(28(33)56)45-12(3)49)86-36-25(53)16(7-89(67,68)69)79-42(31(36)59)82-32-17(8-90(70,71)72)80-39(20(27(32)55)44-11(2)48)84-34-23(51)13(4-46)76-37(60)29(34)57/h13-42,46,50-60H,4-9H2,1-3H3,(H,43,47)(H,44,48)(H,45,49)(H,61,62,63)(H,64,65,66)(H,67,68,69)(H,70,71,72)(H,73,74,75)/t13-,14-,15-,16-,17-,18-,19-,20-,21-,22-,23+,24+,25+,26-,27-,28-,29-,30-,31-,32-,33-,34+,35+,36+,37-,38+,39+,40+,41+,42+/m1/s1. The predicted octanol–water partition coefficient (Wildman–Crippen LogP) is -14.2. The molecule has 0 spiro atoms. The third kappa shape index (κ3) is 20.3. The van der Waals surface area contributed by atoms with E-state index < -0.39 is 288 Å². The van der Waals surface area contributed by atoms with Gasteiger partial charge in [-0.25, -0.2) is 0 Å². The smallest absolute Gasteiger partial charge is 0.267 e. The molecule has 91 heavy (non-hydrogen) atoms. The predicted molar refractivity (Wildman–Crippen MR) is 281 cm³/mol. The molecule has 0 radical (unpaired) electrons. The lowest BCUT2D eigenvalue weighted by Crippen LogP contribution is -2.71. The Hall–Kier alpha value is -2.96. The van der Waals surface area contributed by atoms with Gasteiger partial charge in [0.2, 0.25) is 17.7 Å². The monoisotopic (exact) mass is 1430 g/mol. The summed E-state index contributed by atoms with van der Waals surface area (Å²) in [5.74, 6) is -11.6. The SMILES string of the molecule is CC(=O)N[C@H]1[C@H](O[C@@H]2[C@@H](O)[C@H](O)O[C@H](CO)[C@@H]2O)O[C@H](CS(=O)(=O)O)[C@@H](O[C@@H]2O[C@H](CS(=O)(=O)O)[C@H](O)[C@H](O[C@@H]3O[C@H](CS(=O)(=O)O)[C@@H](O[C@@H]4O[C@H](CS(=O)(=O)O)[C@H](O)[C@H](O[C@@H]5O[C@H](CS(=O)(=O)O)[C@@H](O)[C@H](O)[C@H]5NC(C)=O)[C@H]4O)[C@H](O)[C@H]3NC(C)=O)[C@H]2O)[C@@H]1O. The summed E-state index contributed by atoms with van der Waals surface area (Å²) < 4.78 is 234. The molecule has 6 aliphatic heterocycles. The van der Waals surface area contributed by atoms with Gasteiger partial charge in [-0.3, -0.25) is 37.1 Å². The highest BCUT2D eigenvalue weighted by molar-refractivity contribution is 7.86.